The van der Waals surface area contributed by atoms with Gasteiger partial charge in [0, 0.05) is 6.07 Å². The molecule has 1 heterocycles. The molecule has 0 aliphatic rings. The molecule has 0 N–H and O–H groups in total. The minimum Gasteiger partial charge on any atom is -0.258 e. The van der Waals surface area contributed by atoms with E-state index in [1.807, 2.05) is 13.8 Å². The van der Waals surface area contributed by atoms with Gasteiger partial charge in [-0.15, -0.1) is 0 Å². The SMILES string of the molecule is CC(C)c1cc([N+](=O)[O-])cnc1Cl. The number of hydrogen-bond donors (Lipinski definition) is 0. The van der Waals surface area contributed by atoms with Gasteiger partial charge in [-0.05, 0) is 11.5 Å². The number of aromatic nitrogens is 1. The van der Waals surface area contributed by atoms with Crippen molar-refractivity contribution in [3.63, 3.8) is 0 Å². The van der Waals surface area contributed by atoms with E-state index in [9.17, 15) is 10.1 Å². The third-order valence-electron chi connectivity index (χ3n) is 1.68. The van der Waals surface area contributed by atoms with Crippen molar-refractivity contribution in [1.82, 2.24) is 4.98 Å². The molecule has 0 amide bonds. The lowest BCUT2D eigenvalue weighted by molar-refractivity contribution is -0.385. The Balaban J connectivity index is 3.19. The second-order valence-electron chi connectivity index (χ2n) is 2.99. The molecule has 0 aromatic carbocycles. The van der Waals surface area contributed by atoms with Gasteiger partial charge in [0.1, 0.15) is 11.3 Å². The molecule has 0 saturated carbocycles. The molecular weight excluding hydrogens is 192 g/mol. The summed E-state index contributed by atoms with van der Waals surface area (Å²) < 4.78 is 0. The molecule has 0 bridgehead atoms. The second-order valence-corrected chi connectivity index (χ2v) is 3.34. The van der Waals surface area contributed by atoms with Gasteiger partial charge in [0.15, 0.2) is 0 Å². The average molecular weight is 201 g/mol. The van der Waals surface area contributed by atoms with E-state index in [1.165, 1.54) is 6.07 Å². The van der Waals surface area contributed by atoms with Gasteiger partial charge >= 0.3 is 0 Å². The van der Waals surface area contributed by atoms with Crippen LogP contribution in [0.4, 0.5) is 5.69 Å². The maximum absolute atomic E-state index is 10.4. The number of rotatable bonds is 2. The summed E-state index contributed by atoms with van der Waals surface area (Å²) in [5.41, 5.74) is 0.684. The molecule has 70 valence electrons. The van der Waals surface area contributed by atoms with Crippen molar-refractivity contribution in [3.05, 3.63) is 33.1 Å². The molecule has 1 aromatic heterocycles. The Labute approximate surface area is 80.7 Å². The van der Waals surface area contributed by atoms with Crippen LogP contribution >= 0.6 is 11.6 Å². The summed E-state index contributed by atoms with van der Waals surface area (Å²) >= 11 is 5.76. The fraction of sp³-hybridized carbons (Fsp3) is 0.375. The lowest BCUT2D eigenvalue weighted by Gasteiger charge is -2.05. The van der Waals surface area contributed by atoms with Crippen molar-refractivity contribution in [3.8, 4) is 0 Å². The van der Waals surface area contributed by atoms with E-state index in [0.717, 1.165) is 6.20 Å². The van der Waals surface area contributed by atoms with Crippen molar-refractivity contribution < 1.29 is 4.92 Å². The molecule has 0 atom stereocenters. The maximum atomic E-state index is 10.4. The van der Waals surface area contributed by atoms with Gasteiger partial charge in [0.05, 0.1) is 4.92 Å². The number of pyridine rings is 1. The van der Waals surface area contributed by atoms with Gasteiger partial charge in [-0.25, -0.2) is 4.98 Å². The number of nitrogens with zero attached hydrogens (tertiary/aromatic N) is 2. The van der Waals surface area contributed by atoms with Crippen molar-refractivity contribution in [1.29, 1.82) is 0 Å². The van der Waals surface area contributed by atoms with Gasteiger partial charge < -0.3 is 0 Å². The topological polar surface area (TPSA) is 56.0 Å². The minimum absolute atomic E-state index is 0.0203. The molecular formula is C8H9ClN2O2. The first kappa shape index (κ1) is 9.92. The van der Waals surface area contributed by atoms with E-state index < -0.39 is 4.92 Å². The minimum atomic E-state index is -0.477. The quantitative estimate of drug-likeness (QED) is 0.419. The van der Waals surface area contributed by atoms with E-state index >= 15 is 0 Å². The van der Waals surface area contributed by atoms with Crippen LogP contribution in [0.1, 0.15) is 25.3 Å². The first-order valence-electron chi connectivity index (χ1n) is 3.82. The molecule has 0 spiro atoms. The molecule has 1 rings (SSSR count). The predicted octanol–water partition coefficient (Wildman–Crippen LogP) is 2.77. The lowest BCUT2D eigenvalue weighted by Crippen LogP contribution is -1.95. The monoisotopic (exact) mass is 200 g/mol. The van der Waals surface area contributed by atoms with Crippen molar-refractivity contribution in [2.45, 2.75) is 19.8 Å². The predicted molar refractivity (Wildman–Crippen MR) is 50.0 cm³/mol. The average Bonchev–Trinajstić information content (AvgIpc) is 2.04. The van der Waals surface area contributed by atoms with E-state index in [4.69, 9.17) is 11.6 Å². The fourth-order valence-corrected chi connectivity index (χ4v) is 1.28. The van der Waals surface area contributed by atoms with Crippen LogP contribution in [0.3, 0.4) is 0 Å². The highest BCUT2D eigenvalue weighted by molar-refractivity contribution is 6.30. The number of nitro groups is 1. The Hall–Kier alpha value is -1.16. The Kier molecular flexibility index (Phi) is 2.83. The molecule has 1 aromatic rings. The highest BCUT2D eigenvalue weighted by Crippen LogP contribution is 2.25. The summed E-state index contributed by atoms with van der Waals surface area (Å²) in [7, 11) is 0. The van der Waals surface area contributed by atoms with E-state index in [-0.39, 0.29) is 11.6 Å². The van der Waals surface area contributed by atoms with Crippen LogP contribution < -0.4 is 0 Å². The van der Waals surface area contributed by atoms with Gasteiger partial charge in [0.25, 0.3) is 5.69 Å². The highest BCUT2D eigenvalue weighted by Gasteiger charge is 2.12. The third kappa shape index (κ3) is 2.15. The van der Waals surface area contributed by atoms with E-state index in [2.05, 4.69) is 4.98 Å². The smallest absolute Gasteiger partial charge is 0.258 e. The zero-order chi connectivity index (χ0) is 10.0. The van der Waals surface area contributed by atoms with Crippen LogP contribution in [0.25, 0.3) is 0 Å². The van der Waals surface area contributed by atoms with Crippen molar-refractivity contribution in [2.75, 3.05) is 0 Å². The summed E-state index contributed by atoms with van der Waals surface area (Å²) in [6, 6.07) is 1.46. The Morgan fingerprint density at radius 1 is 1.62 bits per heavy atom. The van der Waals surface area contributed by atoms with Crippen molar-refractivity contribution in [2.24, 2.45) is 0 Å². The zero-order valence-electron chi connectivity index (χ0n) is 7.32. The first-order chi connectivity index (χ1) is 6.02. The van der Waals surface area contributed by atoms with Crippen molar-refractivity contribution >= 4 is 17.3 Å². The van der Waals surface area contributed by atoms with E-state index in [0.29, 0.717) is 10.7 Å². The van der Waals surface area contributed by atoms with Crippen LogP contribution in [-0.4, -0.2) is 9.91 Å². The summed E-state index contributed by atoms with van der Waals surface area (Å²) in [5, 5.41) is 10.7. The maximum Gasteiger partial charge on any atom is 0.287 e. The fourth-order valence-electron chi connectivity index (χ4n) is 0.958. The number of halogens is 1. The van der Waals surface area contributed by atoms with Crippen LogP contribution in [-0.2, 0) is 0 Å². The zero-order valence-corrected chi connectivity index (χ0v) is 8.08. The summed E-state index contributed by atoms with van der Waals surface area (Å²) in [4.78, 5) is 13.7. The standard InChI is InChI=1S/C8H9ClN2O2/c1-5(2)7-3-6(11(12)13)4-10-8(7)9/h3-5H,1-2H3. The Bertz CT molecular complexity index is 339. The molecule has 0 aliphatic carbocycles. The summed E-state index contributed by atoms with van der Waals surface area (Å²) in [5.74, 6) is 0.139. The molecule has 0 fully saturated rings. The van der Waals surface area contributed by atoms with Gasteiger partial charge in [-0.1, -0.05) is 25.4 Å². The molecule has 4 nitrogen and oxygen atoms in total. The van der Waals surface area contributed by atoms with E-state index in [1.54, 1.807) is 0 Å². The van der Waals surface area contributed by atoms with Crippen LogP contribution in [0, 0.1) is 10.1 Å². The largest absolute Gasteiger partial charge is 0.287 e. The normalized spacial score (nSPS) is 10.5. The van der Waals surface area contributed by atoms with Crippen LogP contribution in [0.5, 0.6) is 0 Å². The highest BCUT2D eigenvalue weighted by atomic mass is 35.5. The van der Waals surface area contributed by atoms with Crippen LogP contribution in [0.15, 0.2) is 12.3 Å². The Morgan fingerprint density at radius 2 is 2.23 bits per heavy atom. The van der Waals surface area contributed by atoms with Gasteiger partial charge in [0.2, 0.25) is 0 Å². The molecule has 5 heteroatoms. The molecule has 0 unspecified atom stereocenters. The summed E-state index contributed by atoms with van der Waals surface area (Å²) in [6.45, 7) is 3.82. The molecule has 13 heavy (non-hydrogen) atoms. The Morgan fingerprint density at radius 3 is 2.69 bits per heavy atom. The van der Waals surface area contributed by atoms with Gasteiger partial charge in [-0.3, -0.25) is 10.1 Å². The number of hydrogen-bond acceptors (Lipinski definition) is 3. The van der Waals surface area contributed by atoms with Crippen LogP contribution in [0.2, 0.25) is 5.15 Å². The third-order valence-corrected chi connectivity index (χ3v) is 2.00. The first-order valence-corrected chi connectivity index (χ1v) is 4.20. The molecule has 0 saturated heterocycles. The second kappa shape index (κ2) is 3.70. The molecule has 0 aliphatic heterocycles. The molecule has 0 radical (unpaired) electrons. The van der Waals surface area contributed by atoms with Gasteiger partial charge in [-0.2, -0.15) is 0 Å². The summed E-state index contributed by atoms with van der Waals surface area (Å²) in [6.07, 6.45) is 1.16. The lowest BCUT2D eigenvalue weighted by atomic mass is 10.1.